The second kappa shape index (κ2) is 5.16. The van der Waals surface area contributed by atoms with Crippen LogP contribution in [0.25, 0.3) is 11.1 Å². The topological polar surface area (TPSA) is 38.3 Å². The maximum Gasteiger partial charge on any atom is 0.211 e. The van der Waals surface area contributed by atoms with Gasteiger partial charge < -0.3 is 10.1 Å². The zero-order valence-electron chi connectivity index (χ0n) is 9.51. The van der Waals surface area contributed by atoms with Crippen molar-refractivity contribution < 1.29 is 9.53 Å². The number of anilines is 1. The smallest absolute Gasteiger partial charge is 0.211 e. The molecule has 3 heteroatoms. The fraction of sp³-hybridized carbons (Fsp3) is 0.0714. The van der Waals surface area contributed by atoms with Gasteiger partial charge in [0.15, 0.2) is 0 Å². The second-order valence-corrected chi connectivity index (χ2v) is 3.57. The normalized spacial score (nSPS) is 9.71. The van der Waals surface area contributed by atoms with E-state index in [0.29, 0.717) is 6.41 Å². The monoisotopic (exact) mass is 227 g/mol. The van der Waals surface area contributed by atoms with Crippen LogP contribution in [0.4, 0.5) is 5.69 Å². The summed E-state index contributed by atoms with van der Waals surface area (Å²) >= 11 is 0. The average molecular weight is 227 g/mol. The number of ether oxygens (including phenoxy) is 1. The lowest BCUT2D eigenvalue weighted by Gasteiger charge is -2.05. The first-order chi connectivity index (χ1) is 8.33. The molecule has 0 saturated heterocycles. The molecule has 0 unspecified atom stereocenters. The van der Waals surface area contributed by atoms with Gasteiger partial charge in [0.05, 0.1) is 7.11 Å². The Labute approximate surface area is 100 Å². The first kappa shape index (κ1) is 11.2. The molecule has 0 aromatic heterocycles. The molecule has 0 atom stereocenters. The summed E-state index contributed by atoms with van der Waals surface area (Å²) in [6.07, 6.45) is 0.674. The van der Waals surface area contributed by atoms with E-state index in [4.69, 9.17) is 4.74 Å². The zero-order valence-corrected chi connectivity index (χ0v) is 9.51. The molecule has 0 aliphatic carbocycles. The molecule has 0 bridgehead atoms. The Morgan fingerprint density at radius 3 is 2.47 bits per heavy atom. The molecule has 0 aliphatic rings. The van der Waals surface area contributed by atoms with E-state index < -0.39 is 0 Å². The largest absolute Gasteiger partial charge is 0.497 e. The van der Waals surface area contributed by atoms with E-state index in [1.807, 2.05) is 48.5 Å². The number of nitrogens with one attached hydrogen (secondary N) is 1. The van der Waals surface area contributed by atoms with E-state index in [2.05, 4.69) is 5.32 Å². The van der Waals surface area contributed by atoms with E-state index in [1.165, 1.54) is 0 Å². The van der Waals surface area contributed by atoms with Crippen LogP contribution < -0.4 is 10.1 Å². The number of amides is 1. The number of benzene rings is 2. The van der Waals surface area contributed by atoms with Gasteiger partial charge in [0.2, 0.25) is 6.41 Å². The van der Waals surface area contributed by atoms with E-state index >= 15 is 0 Å². The maximum atomic E-state index is 10.4. The highest BCUT2D eigenvalue weighted by atomic mass is 16.5. The van der Waals surface area contributed by atoms with Gasteiger partial charge in [-0.05, 0) is 35.4 Å². The summed E-state index contributed by atoms with van der Waals surface area (Å²) in [5.74, 6) is 0.830. The predicted octanol–water partition coefficient (Wildman–Crippen LogP) is 2.93. The predicted molar refractivity (Wildman–Crippen MR) is 68.1 cm³/mol. The van der Waals surface area contributed by atoms with Crippen molar-refractivity contribution in [2.45, 2.75) is 0 Å². The van der Waals surface area contributed by atoms with Crippen LogP contribution in [0.2, 0.25) is 0 Å². The molecule has 2 aromatic rings. The molecule has 0 spiro atoms. The highest BCUT2D eigenvalue weighted by Crippen LogP contribution is 2.24. The first-order valence-corrected chi connectivity index (χ1v) is 5.28. The van der Waals surface area contributed by atoms with Crippen molar-refractivity contribution in [3.63, 3.8) is 0 Å². The maximum absolute atomic E-state index is 10.4. The van der Waals surface area contributed by atoms with Crippen molar-refractivity contribution in [3.8, 4) is 16.9 Å². The Morgan fingerprint density at radius 2 is 1.82 bits per heavy atom. The Hall–Kier alpha value is -2.29. The standard InChI is InChI=1S/C14H13NO2/c1-17-14-7-5-11(6-8-14)12-3-2-4-13(9-12)15-10-16/h2-10H,1H3,(H,15,16). The van der Waals surface area contributed by atoms with Gasteiger partial charge in [-0.25, -0.2) is 0 Å². The quantitative estimate of drug-likeness (QED) is 0.815. The van der Waals surface area contributed by atoms with Gasteiger partial charge in [0.25, 0.3) is 0 Å². The average Bonchev–Trinajstić information content (AvgIpc) is 2.40. The lowest BCUT2D eigenvalue weighted by Crippen LogP contribution is -1.93. The van der Waals surface area contributed by atoms with Gasteiger partial charge in [-0.1, -0.05) is 24.3 Å². The van der Waals surface area contributed by atoms with Crippen molar-refractivity contribution in [1.29, 1.82) is 0 Å². The molecular weight excluding hydrogens is 214 g/mol. The lowest BCUT2D eigenvalue weighted by atomic mass is 10.1. The van der Waals surface area contributed by atoms with Gasteiger partial charge in [0, 0.05) is 5.69 Å². The molecule has 0 radical (unpaired) electrons. The second-order valence-electron chi connectivity index (χ2n) is 3.57. The van der Waals surface area contributed by atoms with Crippen LogP contribution in [-0.4, -0.2) is 13.5 Å². The van der Waals surface area contributed by atoms with Crippen molar-refractivity contribution in [1.82, 2.24) is 0 Å². The Bertz CT molecular complexity index is 506. The minimum Gasteiger partial charge on any atom is -0.497 e. The zero-order chi connectivity index (χ0) is 12.1. The summed E-state index contributed by atoms with van der Waals surface area (Å²) in [5, 5.41) is 2.63. The highest BCUT2D eigenvalue weighted by molar-refractivity contribution is 5.76. The third-order valence-electron chi connectivity index (χ3n) is 2.51. The number of hydrogen-bond acceptors (Lipinski definition) is 2. The first-order valence-electron chi connectivity index (χ1n) is 5.28. The van der Waals surface area contributed by atoms with E-state index in [9.17, 15) is 4.79 Å². The molecule has 1 amide bonds. The van der Waals surface area contributed by atoms with E-state index in [-0.39, 0.29) is 0 Å². The Kier molecular flexibility index (Phi) is 3.40. The molecule has 2 rings (SSSR count). The third-order valence-corrected chi connectivity index (χ3v) is 2.51. The molecule has 3 nitrogen and oxygen atoms in total. The van der Waals surface area contributed by atoms with Crippen molar-refractivity contribution in [3.05, 3.63) is 48.5 Å². The van der Waals surface area contributed by atoms with Gasteiger partial charge in [-0.15, -0.1) is 0 Å². The molecule has 2 aromatic carbocycles. The van der Waals surface area contributed by atoms with Crippen LogP contribution in [0.15, 0.2) is 48.5 Å². The van der Waals surface area contributed by atoms with Crippen LogP contribution >= 0.6 is 0 Å². The van der Waals surface area contributed by atoms with Crippen LogP contribution in [-0.2, 0) is 4.79 Å². The van der Waals surface area contributed by atoms with Crippen LogP contribution in [0.5, 0.6) is 5.75 Å². The number of carbonyl (C=O) groups is 1. The molecule has 0 heterocycles. The summed E-state index contributed by atoms with van der Waals surface area (Å²) in [4.78, 5) is 10.4. The Morgan fingerprint density at radius 1 is 1.06 bits per heavy atom. The van der Waals surface area contributed by atoms with Gasteiger partial charge in [-0.3, -0.25) is 4.79 Å². The van der Waals surface area contributed by atoms with E-state index in [0.717, 1.165) is 22.6 Å². The van der Waals surface area contributed by atoms with Crippen molar-refractivity contribution >= 4 is 12.1 Å². The summed E-state index contributed by atoms with van der Waals surface area (Å²) in [6.45, 7) is 0. The third kappa shape index (κ3) is 2.64. The van der Waals surface area contributed by atoms with Crippen molar-refractivity contribution in [2.75, 3.05) is 12.4 Å². The summed E-state index contributed by atoms with van der Waals surface area (Å²) in [6, 6.07) is 15.5. The molecule has 0 fully saturated rings. The summed E-state index contributed by atoms with van der Waals surface area (Å²) in [7, 11) is 1.64. The highest BCUT2D eigenvalue weighted by Gasteiger charge is 1.99. The fourth-order valence-electron chi connectivity index (χ4n) is 1.64. The number of carbonyl (C=O) groups excluding carboxylic acids is 1. The number of hydrogen-bond donors (Lipinski definition) is 1. The number of methoxy groups -OCH3 is 1. The fourth-order valence-corrected chi connectivity index (χ4v) is 1.64. The van der Waals surface area contributed by atoms with Crippen LogP contribution in [0.1, 0.15) is 0 Å². The van der Waals surface area contributed by atoms with Crippen LogP contribution in [0, 0.1) is 0 Å². The molecular formula is C14H13NO2. The minimum absolute atomic E-state index is 0.674. The van der Waals surface area contributed by atoms with Gasteiger partial charge in [0.1, 0.15) is 5.75 Å². The van der Waals surface area contributed by atoms with Gasteiger partial charge >= 0.3 is 0 Å². The summed E-state index contributed by atoms with van der Waals surface area (Å²) < 4.78 is 5.11. The van der Waals surface area contributed by atoms with Crippen molar-refractivity contribution in [2.24, 2.45) is 0 Å². The van der Waals surface area contributed by atoms with Crippen LogP contribution in [0.3, 0.4) is 0 Å². The SMILES string of the molecule is COc1ccc(-c2cccc(NC=O)c2)cc1. The lowest BCUT2D eigenvalue weighted by molar-refractivity contribution is -0.105. The summed E-state index contributed by atoms with van der Waals surface area (Å²) in [5.41, 5.74) is 2.92. The molecule has 0 aliphatic heterocycles. The minimum atomic E-state index is 0.674. The molecule has 17 heavy (non-hydrogen) atoms. The molecule has 1 N–H and O–H groups in total. The molecule has 86 valence electrons. The van der Waals surface area contributed by atoms with Gasteiger partial charge in [-0.2, -0.15) is 0 Å². The Balaban J connectivity index is 2.31. The molecule has 0 saturated carbocycles. The van der Waals surface area contributed by atoms with E-state index in [1.54, 1.807) is 7.11 Å². The number of rotatable bonds is 4.